The first-order valence-electron chi connectivity index (χ1n) is 8.59. The summed E-state index contributed by atoms with van der Waals surface area (Å²) in [5.74, 6) is 0.411. The summed E-state index contributed by atoms with van der Waals surface area (Å²) in [6, 6.07) is 16.6. The third kappa shape index (κ3) is 3.81. The van der Waals surface area contributed by atoms with Crippen LogP contribution in [0.25, 0.3) is 0 Å². The van der Waals surface area contributed by atoms with Crippen molar-refractivity contribution >= 4 is 33.1 Å². The molecule has 1 aromatic heterocycles. The van der Waals surface area contributed by atoms with Gasteiger partial charge in [0, 0.05) is 22.9 Å². The van der Waals surface area contributed by atoms with Gasteiger partial charge in [0.25, 0.3) is 15.9 Å². The van der Waals surface area contributed by atoms with E-state index in [-0.39, 0.29) is 16.6 Å². The second-order valence-corrected chi connectivity index (χ2v) is 7.73. The maximum atomic E-state index is 12.4. The minimum absolute atomic E-state index is 0.173. The van der Waals surface area contributed by atoms with E-state index in [1.807, 2.05) is 0 Å². The molecule has 3 aromatic rings. The Morgan fingerprint density at radius 1 is 0.966 bits per heavy atom. The Morgan fingerprint density at radius 3 is 2.38 bits per heavy atom. The van der Waals surface area contributed by atoms with E-state index in [0.717, 1.165) is 0 Å². The summed E-state index contributed by atoms with van der Waals surface area (Å²) in [5.41, 5.74) is 2.10. The molecule has 0 aliphatic carbocycles. The fourth-order valence-electron chi connectivity index (χ4n) is 2.82. The number of carbonyl (C=O) groups excluding carboxylic acids is 1. The molecular formula is C20H16N4O4S. The number of pyridine rings is 1. The van der Waals surface area contributed by atoms with Gasteiger partial charge in [0.05, 0.1) is 19.0 Å². The Balaban J connectivity index is 1.48. The van der Waals surface area contributed by atoms with Gasteiger partial charge in [-0.25, -0.2) is 4.98 Å². The van der Waals surface area contributed by atoms with Crippen LogP contribution in [0.2, 0.25) is 0 Å². The summed E-state index contributed by atoms with van der Waals surface area (Å²) < 4.78 is 33.0. The number of benzene rings is 2. The maximum Gasteiger partial charge on any atom is 0.285 e. The Morgan fingerprint density at radius 2 is 1.69 bits per heavy atom. The molecule has 8 nitrogen and oxygen atoms in total. The van der Waals surface area contributed by atoms with Gasteiger partial charge in [-0.05, 0) is 42.5 Å². The highest BCUT2D eigenvalue weighted by Gasteiger charge is 2.28. The average Bonchev–Trinajstić information content (AvgIpc) is 2.99. The van der Waals surface area contributed by atoms with E-state index in [2.05, 4.69) is 20.0 Å². The summed E-state index contributed by atoms with van der Waals surface area (Å²) in [6.07, 6.45) is 1.50. The predicted octanol–water partition coefficient (Wildman–Crippen LogP) is 2.90. The van der Waals surface area contributed by atoms with E-state index in [4.69, 9.17) is 4.74 Å². The highest BCUT2D eigenvalue weighted by molar-refractivity contribution is 7.90. The molecule has 2 aromatic carbocycles. The molecule has 0 spiro atoms. The number of nitrogens with zero attached hydrogens (tertiary/aromatic N) is 2. The molecule has 0 fully saturated rings. The molecule has 9 heteroatoms. The highest BCUT2D eigenvalue weighted by atomic mass is 32.2. The number of nitrogens with one attached hydrogen (secondary N) is 2. The van der Waals surface area contributed by atoms with Crippen molar-refractivity contribution in [2.75, 3.05) is 17.7 Å². The van der Waals surface area contributed by atoms with Gasteiger partial charge in [-0.15, -0.1) is 4.40 Å². The standard InChI is InChI=1S/C20H16N4O4S/c1-28-18-11-10-15(12-21-18)23-20(25)13-6-8-14(9-7-13)22-19-16-4-2-3-5-17(16)29(26,27)24-19/h2-12H,1H3,(H,22,24)(H,23,25). The number of hydrogen-bond acceptors (Lipinski definition) is 6. The van der Waals surface area contributed by atoms with Crippen molar-refractivity contribution in [1.82, 2.24) is 4.98 Å². The Hall–Kier alpha value is -3.72. The summed E-state index contributed by atoms with van der Waals surface area (Å²) >= 11 is 0. The summed E-state index contributed by atoms with van der Waals surface area (Å²) in [5, 5.41) is 5.74. The van der Waals surface area contributed by atoms with Gasteiger partial charge in [0.15, 0.2) is 5.84 Å². The van der Waals surface area contributed by atoms with Crippen molar-refractivity contribution in [2.45, 2.75) is 4.90 Å². The van der Waals surface area contributed by atoms with Crippen LogP contribution in [0.4, 0.5) is 11.4 Å². The smallest absolute Gasteiger partial charge is 0.285 e. The molecule has 0 saturated carbocycles. The van der Waals surface area contributed by atoms with Crippen molar-refractivity contribution in [2.24, 2.45) is 4.40 Å². The molecule has 1 amide bonds. The largest absolute Gasteiger partial charge is 0.481 e. The number of hydrogen-bond donors (Lipinski definition) is 2. The van der Waals surface area contributed by atoms with Crippen molar-refractivity contribution in [3.63, 3.8) is 0 Å². The van der Waals surface area contributed by atoms with Crippen LogP contribution in [-0.4, -0.2) is 32.3 Å². The van der Waals surface area contributed by atoms with Crippen LogP contribution in [0, 0.1) is 0 Å². The van der Waals surface area contributed by atoms with Crippen LogP contribution < -0.4 is 15.4 Å². The minimum atomic E-state index is -3.69. The Kier molecular flexibility index (Phi) is 4.73. The predicted molar refractivity (Wildman–Crippen MR) is 109 cm³/mol. The van der Waals surface area contributed by atoms with Crippen molar-refractivity contribution in [3.8, 4) is 5.88 Å². The number of anilines is 2. The lowest BCUT2D eigenvalue weighted by molar-refractivity contribution is 0.102. The number of amides is 1. The lowest BCUT2D eigenvalue weighted by Crippen LogP contribution is -2.13. The van der Waals surface area contributed by atoms with Crippen LogP contribution >= 0.6 is 0 Å². The van der Waals surface area contributed by atoms with E-state index in [1.165, 1.54) is 19.4 Å². The molecular weight excluding hydrogens is 392 g/mol. The van der Waals surface area contributed by atoms with Crippen molar-refractivity contribution in [1.29, 1.82) is 0 Å². The molecule has 1 aliphatic heterocycles. The fraction of sp³-hybridized carbons (Fsp3) is 0.0500. The number of amidine groups is 1. The second-order valence-electron chi connectivity index (χ2n) is 6.16. The fourth-order valence-corrected chi connectivity index (χ4v) is 3.99. The summed E-state index contributed by atoms with van der Waals surface area (Å²) in [4.78, 5) is 16.6. The number of aromatic nitrogens is 1. The molecule has 2 N–H and O–H groups in total. The number of sulfonamides is 1. The molecule has 4 rings (SSSR count). The minimum Gasteiger partial charge on any atom is -0.481 e. The third-order valence-electron chi connectivity index (χ3n) is 4.24. The number of rotatable bonds is 4. The van der Waals surface area contributed by atoms with E-state index in [9.17, 15) is 13.2 Å². The quantitative estimate of drug-likeness (QED) is 0.687. The molecule has 146 valence electrons. The number of carbonyl (C=O) groups is 1. The van der Waals surface area contributed by atoms with Gasteiger partial charge < -0.3 is 15.4 Å². The van der Waals surface area contributed by atoms with Gasteiger partial charge in [-0.3, -0.25) is 4.79 Å². The number of ether oxygens (including phenoxy) is 1. The lowest BCUT2D eigenvalue weighted by Gasteiger charge is -2.08. The molecule has 1 aliphatic rings. The monoisotopic (exact) mass is 408 g/mol. The van der Waals surface area contributed by atoms with Gasteiger partial charge in [-0.1, -0.05) is 12.1 Å². The first-order valence-corrected chi connectivity index (χ1v) is 10.0. The molecule has 2 heterocycles. The third-order valence-corrected chi connectivity index (χ3v) is 5.58. The SMILES string of the molecule is COc1ccc(NC(=O)c2ccc(NC3=NS(=O)(=O)c4ccccc43)cc2)cn1. The average molecular weight is 408 g/mol. The molecule has 0 saturated heterocycles. The zero-order valence-electron chi connectivity index (χ0n) is 15.3. The topological polar surface area (TPSA) is 110 Å². The van der Waals surface area contributed by atoms with Crippen LogP contribution in [0.3, 0.4) is 0 Å². The van der Waals surface area contributed by atoms with Gasteiger partial charge >= 0.3 is 0 Å². The van der Waals surface area contributed by atoms with Gasteiger partial charge in [0.1, 0.15) is 4.90 Å². The molecule has 0 unspecified atom stereocenters. The molecule has 0 radical (unpaired) electrons. The van der Waals surface area contributed by atoms with Crippen LogP contribution in [0.15, 0.2) is 76.2 Å². The van der Waals surface area contributed by atoms with E-state index in [1.54, 1.807) is 54.6 Å². The number of methoxy groups -OCH3 is 1. The van der Waals surface area contributed by atoms with Gasteiger partial charge in [-0.2, -0.15) is 8.42 Å². The summed E-state index contributed by atoms with van der Waals surface area (Å²) in [6.45, 7) is 0. The summed E-state index contributed by atoms with van der Waals surface area (Å²) in [7, 11) is -2.17. The van der Waals surface area contributed by atoms with Crippen LogP contribution in [-0.2, 0) is 10.0 Å². The number of fused-ring (bicyclic) bond motifs is 1. The Labute approximate surface area is 167 Å². The zero-order chi connectivity index (χ0) is 20.4. The molecule has 29 heavy (non-hydrogen) atoms. The van der Waals surface area contributed by atoms with E-state index < -0.39 is 10.0 Å². The zero-order valence-corrected chi connectivity index (χ0v) is 16.1. The second kappa shape index (κ2) is 7.36. The Bertz CT molecular complexity index is 1200. The van der Waals surface area contributed by atoms with Crippen molar-refractivity contribution in [3.05, 3.63) is 78.0 Å². The molecule has 0 atom stereocenters. The highest BCUT2D eigenvalue weighted by Crippen LogP contribution is 2.26. The molecule has 0 bridgehead atoms. The van der Waals surface area contributed by atoms with Gasteiger partial charge in [0.2, 0.25) is 5.88 Å². The van der Waals surface area contributed by atoms with Crippen LogP contribution in [0.1, 0.15) is 15.9 Å². The lowest BCUT2D eigenvalue weighted by atomic mass is 10.1. The normalized spacial score (nSPS) is 13.9. The van der Waals surface area contributed by atoms with Crippen LogP contribution in [0.5, 0.6) is 5.88 Å². The van der Waals surface area contributed by atoms with E-state index in [0.29, 0.717) is 28.4 Å². The van der Waals surface area contributed by atoms with Crippen molar-refractivity contribution < 1.29 is 17.9 Å². The van der Waals surface area contributed by atoms with E-state index >= 15 is 0 Å². The first kappa shape index (κ1) is 18.6. The maximum absolute atomic E-state index is 12.4. The first-order chi connectivity index (χ1) is 14.0.